The molecule has 23 heavy (non-hydrogen) atoms. The number of anilines is 1. The van der Waals surface area contributed by atoms with E-state index in [-0.39, 0.29) is 30.3 Å². The third-order valence-electron chi connectivity index (χ3n) is 5.02. The van der Waals surface area contributed by atoms with Crippen LogP contribution in [0, 0.1) is 5.92 Å². The Bertz CT molecular complexity index is 517. The zero-order valence-electron chi connectivity index (χ0n) is 13.5. The molecule has 0 spiro atoms. The number of rotatable bonds is 5. The summed E-state index contributed by atoms with van der Waals surface area (Å²) in [6.07, 6.45) is 11.1. The molecule has 2 aliphatic rings. The normalized spacial score (nSPS) is 19.7. The number of hydrogen-bond donors (Lipinski definition) is 1. The number of nitrogens with zero attached hydrogens (tertiary/aromatic N) is 2. The van der Waals surface area contributed by atoms with Crippen molar-refractivity contribution in [3.8, 4) is 0 Å². The quantitative estimate of drug-likeness (QED) is 0.905. The minimum absolute atomic E-state index is 0.108. The summed E-state index contributed by atoms with van der Waals surface area (Å²) in [5, 5.41) is 6.39. The van der Waals surface area contributed by atoms with Crippen LogP contribution < -0.4 is 5.32 Å². The zero-order chi connectivity index (χ0) is 16.1. The fourth-order valence-electron chi connectivity index (χ4n) is 3.80. The van der Waals surface area contributed by atoms with Gasteiger partial charge in [-0.3, -0.25) is 9.59 Å². The van der Waals surface area contributed by atoms with E-state index < -0.39 is 0 Å². The minimum Gasteiger partial charge on any atom is -0.363 e. The maximum Gasteiger partial charge on any atom is 0.245 e. The molecule has 1 aromatic rings. The van der Waals surface area contributed by atoms with Crippen molar-refractivity contribution in [3.05, 3.63) is 12.3 Å². The van der Waals surface area contributed by atoms with Gasteiger partial charge in [-0.2, -0.15) is 0 Å². The van der Waals surface area contributed by atoms with E-state index in [1.165, 1.54) is 12.7 Å². The summed E-state index contributed by atoms with van der Waals surface area (Å²) in [5.41, 5.74) is 0. The SMILES string of the molecule is O=C(CN(C(=O)C1CCCC1)C1CCCCC1)Nc1ccon1. The molecule has 1 heterocycles. The molecular weight excluding hydrogens is 294 g/mol. The molecule has 2 fully saturated rings. The van der Waals surface area contributed by atoms with Gasteiger partial charge in [-0.15, -0.1) is 0 Å². The van der Waals surface area contributed by atoms with E-state index in [0.29, 0.717) is 5.82 Å². The van der Waals surface area contributed by atoms with Gasteiger partial charge in [-0.1, -0.05) is 37.3 Å². The molecule has 0 unspecified atom stereocenters. The van der Waals surface area contributed by atoms with Gasteiger partial charge in [0.15, 0.2) is 5.82 Å². The molecule has 2 saturated carbocycles. The average molecular weight is 319 g/mol. The van der Waals surface area contributed by atoms with E-state index >= 15 is 0 Å². The Morgan fingerprint density at radius 2 is 1.83 bits per heavy atom. The molecule has 0 aliphatic heterocycles. The van der Waals surface area contributed by atoms with Crippen LogP contribution in [-0.4, -0.2) is 34.5 Å². The van der Waals surface area contributed by atoms with Crippen LogP contribution in [0.4, 0.5) is 5.82 Å². The van der Waals surface area contributed by atoms with Gasteiger partial charge in [-0.25, -0.2) is 0 Å². The van der Waals surface area contributed by atoms with E-state index in [0.717, 1.165) is 51.4 Å². The Kier molecular flexibility index (Phi) is 5.31. The molecule has 126 valence electrons. The van der Waals surface area contributed by atoms with Gasteiger partial charge in [0.2, 0.25) is 11.8 Å². The second-order valence-corrected chi connectivity index (χ2v) is 6.67. The molecular formula is C17H25N3O3. The van der Waals surface area contributed by atoms with Gasteiger partial charge < -0.3 is 14.7 Å². The van der Waals surface area contributed by atoms with Crippen molar-refractivity contribution < 1.29 is 14.1 Å². The Balaban J connectivity index is 1.66. The summed E-state index contributed by atoms with van der Waals surface area (Å²) in [4.78, 5) is 27.0. The number of amides is 2. The predicted molar refractivity (Wildman–Crippen MR) is 85.7 cm³/mol. The Morgan fingerprint density at radius 1 is 1.13 bits per heavy atom. The van der Waals surface area contributed by atoms with E-state index in [4.69, 9.17) is 4.52 Å². The number of nitrogens with one attached hydrogen (secondary N) is 1. The zero-order valence-corrected chi connectivity index (χ0v) is 13.5. The largest absolute Gasteiger partial charge is 0.363 e. The van der Waals surface area contributed by atoms with Crippen LogP contribution in [0.2, 0.25) is 0 Å². The summed E-state index contributed by atoms with van der Waals surface area (Å²) in [7, 11) is 0. The highest BCUT2D eigenvalue weighted by Gasteiger charge is 2.33. The van der Waals surface area contributed by atoms with Gasteiger partial charge in [0.25, 0.3) is 0 Å². The van der Waals surface area contributed by atoms with Crippen molar-refractivity contribution in [1.29, 1.82) is 0 Å². The van der Waals surface area contributed by atoms with E-state index in [1.54, 1.807) is 6.07 Å². The minimum atomic E-state index is -0.198. The number of aromatic nitrogens is 1. The van der Waals surface area contributed by atoms with E-state index in [1.807, 2.05) is 4.90 Å². The molecule has 6 nitrogen and oxygen atoms in total. The summed E-state index contributed by atoms with van der Waals surface area (Å²) >= 11 is 0. The van der Waals surface area contributed by atoms with Crippen molar-refractivity contribution >= 4 is 17.6 Å². The maximum absolute atomic E-state index is 12.9. The Labute approximate surface area is 136 Å². The van der Waals surface area contributed by atoms with Crippen LogP contribution in [0.1, 0.15) is 57.8 Å². The van der Waals surface area contributed by atoms with Crippen LogP contribution in [0.3, 0.4) is 0 Å². The third kappa shape index (κ3) is 4.12. The first-order valence-electron chi connectivity index (χ1n) is 8.75. The molecule has 0 bridgehead atoms. The van der Waals surface area contributed by atoms with E-state index in [2.05, 4.69) is 10.5 Å². The Morgan fingerprint density at radius 3 is 2.48 bits per heavy atom. The van der Waals surface area contributed by atoms with Crippen LogP contribution in [0.25, 0.3) is 0 Å². The highest BCUT2D eigenvalue weighted by atomic mass is 16.5. The molecule has 2 aliphatic carbocycles. The number of carbonyl (C=O) groups is 2. The summed E-state index contributed by atoms with van der Waals surface area (Å²) in [6.45, 7) is 0.118. The second kappa shape index (κ2) is 7.62. The molecule has 0 radical (unpaired) electrons. The average Bonchev–Trinajstić information content (AvgIpc) is 3.26. The lowest BCUT2D eigenvalue weighted by Gasteiger charge is -2.35. The molecule has 3 rings (SSSR count). The van der Waals surface area contributed by atoms with Crippen molar-refractivity contribution in [1.82, 2.24) is 10.1 Å². The smallest absolute Gasteiger partial charge is 0.245 e. The van der Waals surface area contributed by atoms with Crippen LogP contribution in [-0.2, 0) is 9.59 Å². The van der Waals surface area contributed by atoms with Gasteiger partial charge in [-0.05, 0) is 25.7 Å². The lowest BCUT2D eigenvalue weighted by atomic mass is 9.93. The molecule has 1 N–H and O–H groups in total. The van der Waals surface area contributed by atoms with Gasteiger partial charge in [0, 0.05) is 18.0 Å². The summed E-state index contributed by atoms with van der Waals surface area (Å²) in [5.74, 6) is 0.476. The first kappa shape index (κ1) is 16.0. The first-order chi connectivity index (χ1) is 11.2. The molecule has 0 atom stereocenters. The second-order valence-electron chi connectivity index (χ2n) is 6.67. The van der Waals surface area contributed by atoms with Crippen LogP contribution in [0.15, 0.2) is 16.9 Å². The van der Waals surface area contributed by atoms with Gasteiger partial charge >= 0.3 is 0 Å². The third-order valence-corrected chi connectivity index (χ3v) is 5.02. The monoisotopic (exact) mass is 319 g/mol. The van der Waals surface area contributed by atoms with Crippen molar-refractivity contribution in [3.63, 3.8) is 0 Å². The lowest BCUT2D eigenvalue weighted by Crippen LogP contribution is -2.47. The fourth-order valence-corrected chi connectivity index (χ4v) is 3.80. The Hall–Kier alpha value is -1.85. The lowest BCUT2D eigenvalue weighted by molar-refractivity contribution is -0.141. The van der Waals surface area contributed by atoms with Gasteiger partial charge in [0.1, 0.15) is 12.8 Å². The molecule has 6 heteroatoms. The van der Waals surface area contributed by atoms with Crippen molar-refractivity contribution in [2.45, 2.75) is 63.8 Å². The number of hydrogen-bond acceptors (Lipinski definition) is 4. The molecule has 1 aromatic heterocycles. The van der Waals surface area contributed by atoms with Crippen molar-refractivity contribution in [2.75, 3.05) is 11.9 Å². The van der Waals surface area contributed by atoms with Crippen LogP contribution >= 0.6 is 0 Å². The fraction of sp³-hybridized carbons (Fsp3) is 0.706. The molecule has 0 aromatic carbocycles. The summed E-state index contributed by atoms with van der Waals surface area (Å²) in [6, 6.07) is 1.81. The first-order valence-corrected chi connectivity index (χ1v) is 8.75. The summed E-state index contributed by atoms with van der Waals surface area (Å²) < 4.78 is 4.72. The standard InChI is InChI=1S/C17H25N3O3/c21-16(18-15-10-11-23-19-15)12-20(14-8-2-1-3-9-14)17(22)13-6-4-5-7-13/h10-11,13-14H,1-9,12H2,(H,18,19,21). The molecule has 2 amide bonds. The topological polar surface area (TPSA) is 75.4 Å². The highest BCUT2D eigenvalue weighted by molar-refractivity contribution is 5.94. The van der Waals surface area contributed by atoms with E-state index in [9.17, 15) is 9.59 Å². The van der Waals surface area contributed by atoms with Crippen LogP contribution in [0.5, 0.6) is 0 Å². The highest BCUT2D eigenvalue weighted by Crippen LogP contribution is 2.30. The number of carbonyl (C=O) groups excluding carboxylic acids is 2. The maximum atomic E-state index is 12.9. The van der Waals surface area contributed by atoms with Crippen molar-refractivity contribution in [2.24, 2.45) is 5.92 Å². The van der Waals surface area contributed by atoms with Gasteiger partial charge in [0.05, 0.1) is 0 Å². The predicted octanol–water partition coefficient (Wildman–Crippen LogP) is 2.96. The molecule has 0 saturated heterocycles.